The molecule has 2 amide bonds. The van der Waals surface area contributed by atoms with E-state index in [0.717, 1.165) is 5.69 Å². The second-order valence-corrected chi connectivity index (χ2v) is 6.92. The molecule has 7 nitrogen and oxygen atoms in total. The molecule has 0 aromatic carbocycles. The minimum atomic E-state index is -0.273. The van der Waals surface area contributed by atoms with Crippen molar-refractivity contribution >= 4 is 11.8 Å². The van der Waals surface area contributed by atoms with Crippen LogP contribution < -0.4 is 5.32 Å². The summed E-state index contributed by atoms with van der Waals surface area (Å²) in [5, 5.41) is 2.91. The molecule has 2 aromatic heterocycles. The lowest BCUT2D eigenvalue weighted by molar-refractivity contribution is -0.131. The Morgan fingerprint density at radius 3 is 2.75 bits per heavy atom. The van der Waals surface area contributed by atoms with Gasteiger partial charge < -0.3 is 14.8 Å². The molecule has 3 heterocycles. The van der Waals surface area contributed by atoms with E-state index < -0.39 is 0 Å². The Kier molecular flexibility index (Phi) is 4.09. The number of hydrogen-bond acceptors (Lipinski definition) is 4. The third-order valence-corrected chi connectivity index (χ3v) is 4.05. The first-order valence-corrected chi connectivity index (χ1v) is 7.90. The lowest BCUT2D eigenvalue weighted by Crippen LogP contribution is -2.44. The summed E-state index contributed by atoms with van der Waals surface area (Å²) in [5.41, 5.74) is 0.894. The van der Waals surface area contributed by atoms with Crippen LogP contribution in [-0.4, -0.2) is 49.4 Å². The van der Waals surface area contributed by atoms with Gasteiger partial charge in [0.05, 0.1) is 18.1 Å². The monoisotopic (exact) mass is 327 g/mol. The second-order valence-electron chi connectivity index (χ2n) is 6.92. The highest BCUT2D eigenvalue weighted by atomic mass is 16.2. The molecule has 1 N–H and O–H groups in total. The van der Waals surface area contributed by atoms with Gasteiger partial charge in [0.25, 0.3) is 5.91 Å². The predicted molar refractivity (Wildman–Crippen MR) is 88.7 cm³/mol. The molecule has 2 aromatic rings. The second kappa shape index (κ2) is 6.07. The fraction of sp³-hybridized carbons (Fsp3) is 0.412. The smallest absolute Gasteiger partial charge is 0.270 e. The van der Waals surface area contributed by atoms with E-state index in [1.165, 1.54) is 0 Å². The van der Waals surface area contributed by atoms with Crippen LogP contribution in [0.25, 0.3) is 5.69 Å². The Balaban J connectivity index is 1.70. The molecular formula is C17H21N5O2. The van der Waals surface area contributed by atoms with E-state index in [4.69, 9.17) is 0 Å². The number of pyridine rings is 1. The first kappa shape index (κ1) is 16.2. The molecule has 1 aliphatic heterocycles. The van der Waals surface area contributed by atoms with Crippen LogP contribution >= 0.6 is 0 Å². The number of carbonyl (C=O) groups excluding carboxylic acids is 2. The van der Waals surface area contributed by atoms with Crippen molar-refractivity contribution in [3.8, 4) is 5.69 Å². The molecular weight excluding hydrogens is 306 g/mol. The van der Waals surface area contributed by atoms with Crippen molar-refractivity contribution in [2.24, 2.45) is 0 Å². The molecule has 0 bridgehead atoms. The van der Waals surface area contributed by atoms with Crippen LogP contribution in [0.2, 0.25) is 0 Å². The van der Waals surface area contributed by atoms with Crippen LogP contribution in [-0.2, 0) is 4.79 Å². The van der Waals surface area contributed by atoms with E-state index in [0.29, 0.717) is 18.7 Å². The third kappa shape index (κ3) is 3.29. The van der Waals surface area contributed by atoms with Crippen molar-refractivity contribution in [2.45, 2.75) is 38.8 Å². The summed E-state index contributed by atoms with van der Waals surface area (Å²) in [5.74, 6) is -0.210. The Morgan fingerprint density at radius 1 is 1.33 bits per heavy atom. The Bertz CT molecular complexity index is 749. The van der Waals surface area contributed by atoms with E-state index >= 15 is 0 Å². The fourth-order valence-electron chi connectivity index (χ4n) is 2.83. The number of aromatic nitrogens is 3. The molecule has 7 heteroatoms. The molecule has 1 fully saturated rings. The highest BCUT2D eigenvalue weighted by molar-refractivity contribution is 5.93. The molecule has 1 unspecified atom stereocenters. The fourth-order valence-corrected chi connectivity index (χ4v) is 2.83. The van der Waals surface area contributed by atoms with E-state index in [1.54, 1.807) is 46.5 Å². The maximum absolute atomic E-state index is 12.5. The molecule has 0 aliphatic carbocycles. The number of nitrogens with one attached hydrogen (secondary N) is 1. The summed E-state index contributed by atoms with van der Waals surface area (Å²) in [4.78, 5) is 34.5. The lowest BCUT2D eigenvalue weighted by Gasteiger charge is -2.32. The average molecular weight is 327 g/mol. The minimum Gasteiger partial charge on any atom is -0.346 e. The van der Waals surface area contributed by atoms with Crippen molar-refractivity contribution in [2.75, 3.05) is 6.54 Å². The summed E-state index contributed by atoms with van der Waals surface area (Å²) >= 11 is 0. The normalized spacial score (nSPS) is 18.0. The highest BCUT2D eigenvalue weighted by Crippen LogP contribution is 2.22. The van der Waals surface area contributed by atoms with Gasteiger partial charge in [0.1, 0.15) is 5.69 Å². The Labute approximate surface area is 140 Å². The molecule has 0 saturated carbocycles. The van der Waals surface area contributed by atoms with Gasteiger partial charge in [0.15, 0.2) is 0 Å². The topological polar surface area (TPSA) is 80.1 Å². The third-order valence-electron chi connectivity index (χ3n) is 4.05. The number of imidazole rings is 1. The largest absolute Gasteiger partial charge is 0.346 e. The molecule has 3 rings (SSSR count). The van der Waals surface area contributed by atoms with E-state index in [-0.39, 0.29) is 23.4 Å². The number of carbonyl (C=O) groups is 2. The molecule has 0 spiro atoms. The average Bonchev–Trinajstić information content (AvgIpc) is 3.16. The number of hydrogen-bond donors (Lipinski definition) is 1. The van der Waals surface area contributed by atoms with Gasteiger partial charge in [-0.3, -0.25) is 14.6 Å². The van der Waals surface area contributed by atoms with Gasteiger partial charge in [-0.05, 0) is 32.9 Å². The summed E-state index contributed by atoms with van der Waals surface area (Å²) in [6, 6.07) is 3.32. The molecule has 1 atom stereocenters. The van der Waals surface area contributed by atoms with Crippen molar-refractivity contribution in [1.29, 1.82) is 0 Å². The number of nitrogens with zero attached hydrogens (tertiary/aromatic N) is 4. The van der Waals surface area contributed by atoms with Crippen molar-refractivity contribution in [3.63, 3.8) is 0 Å². The molecule has 126 valence electrons. The first-order valence-electron chi connectivity index (χ1n) is 7.90. The van der Waals surface area contributed by atoms with Gasteiger partial charge in [-0.15, -0.1) is 0 Å². The van der Waals surface area contributed by atoms with Crippen LogP contribution in [0, 0.1) is 0 Å². The highest BCUT2D eigenvalue weighted by Gasteiger charge is 2.36. The van der Waals surface area contributed by atoms with Gasteiger partial charge in [0, 0.05) is 37.1 Å². The zero-order valence-corrected chi connectivity index (χ0v) is 14.1. The number of likely N-dealkylation sites (tertiary alicyclic amines) is 1. The first-order chi connectivity index (χ1) is 11.3. The quantitative estimate of drug-likeness (QED) is 0.924. The van der Waals surface area contributed by atoms with Gasteiger partial charge in [0.2, 0.25) is 5.91 Å². The summed E-state index contributed by atoms with van der Waals surface area (Å²) in [6.07, 6.45) is 7.04. The molecule has 1 saturated heterocycles. The maximum atomic E-state index is 12.5. The van der Waals surface area contributed by atoms with Crippen molar-refractivity contribution in [1.82, 2.24) is 24.8 Å². The van der Waals surface area contributed by atoms with E-state index in [1.807, 2.05) is 20.8 Å². The van der Waals surface area contributed by atoms with Crippen LogP contribution in [0.5, 0.6) is 0 Å². The Morgan fingerprint density at radius 2 is 2.12 bits per heavy atom. The SMILES string of the molecule is CC(C)(C)N1CC(NC(=O)c2cc(-n3ccnc3)ccn2)CC1=O. The minimum absolute atomic E-state index is 0.0629. The van der Waals surface area contributed by atoms with Gasteiger partial charge >= 0.3 is 0 Å². The van der Waals surface area contributed by atoms with E-state index in [2.05, 4.69) is 15.3 Å². The molecule has 24 heavy (non-hydrogen) atoms. The molecule has 0 radical (unpaired) electrons. The summed E-state index contributed by atoms with van der Waals surface area (Å²) < 4.78 is 1.80. The van der Waals surface area contributed by atoms with Crippen LogP contribution in [0.4, 0.5) is 0 Å². The summed E-state index contributed by atoms with van der Waals surface area (Å²) in [7, 11) is 0. The number of rotatable bonds is 3. The predicted octanol–water partition coefficient (Wildman–Crippen LogP) is 1.40. The number of amides is 2. The van der Waals surface area contributed by atoms with Gasteiger partial charge in [-0.1, -0.05) is 0 Å². The van der Waals surface area contributed by atoms with E-state index in [9.17, 15) is 9.59 Å². The van der Waals surface area contributed by atoms with Gasteiger partial charge in [-0.2, -0.15) is 0 Å². The zero-order valence-electron chi connectivity index (χ0n) is 14.1. The summed E-state index contributed by atoms with van der Waals surface area (Å²) in [6.45, 7) is 6.50. The maximum Gasteiger partial charge on any atom is 0.270 e. The van der Waals surface area contributed by atoms with Gasteiger partial charge in [-0.25, -0.2) is 4.98 Å². The lowest BCUT2D eigenvalue weighted by atomic mass is 10.1. The Hall–Kier alpha value is -2.70. The zero-order chi connectivity index (χ0) is 17.3. The van der Waals surface area contributed by atoms with Crippen LogP contribution in [0.1, 0.15) is 37.7 Å². The molecule has 1 aliphatic rings. The van der Waals surface area contributed by atoms with Crippen LogP contribution in [0.15, 0.2) is 37.1 Å². The van der Waals surface area contributed by atoms with Crippen LogP contribution in [0.3, 0.4) is 0 Å². The standard InChI is InChI=1S/C17H21N5O2/c1-17(2,3)22-10-12(8-15(22)23)20-16(24)14-9-13(4-5-19-14)21-7-6-18-11-21/h4-7,9,11-12H,8,10H2,1-3H3,(H,20,24). The van der Waals surface area contributed by atoms with Crippen molar-refractivity contribution < 1.29 is 9.59 Å². The van der Waals surface area contributed by atoms with Crippen molar-refractivity contribution in [3.05, 3.63) is 42.7 Å².